The Labute approximate surface area is 221 Å². The SMILES string of the molecule is O=CN(C[C@H](NC(=O)OCc1ccccc1)C(=O)O)C1CCN(c2cccc(NC3=NCCCN3)c2)CC1. The molecule has 0 aromatic heterocycles. The summed E-state index contributed by atoms with van der Waals surface area (Å²) < 4.78 is 5.15. The number of alkyl carbamates (subject to hydrolysis) is 1. The highest BCUT2D eigenvalue weighted by Crippen LogP contribution is 2.25. The molecule has 4 rings (SSSR count). The molecule has 38 heavy (non-hydrogen) atoms. The minimum absolute atomic E-state index is 0.0240. The van der Waals surface area contributed by atoms with Crippen LogP contribution in [0.5, 0.6) is 0 Å². The van der Waals surface area contributed by atoms with Gasteiger partial charge in [-0.25, -0.2) is 9.59 Å². The van der Waals surface area contributed by atoms with Gasteiger partial charge in [0.05, 0.1) is 6.54 Å². The lowest BCUT2D eigenvalue weighted by atomic mass is 10.0. The number of carboxylic acids is 1. The average Bonchev–Trinajstić information content (AvgIpc) is 2.95. The Kier molecular flexibility index (Phi) is 9.38. The van der Waals surface area contributed by atoms with Crippen molar-refractivity contribution < 1.29 is 24.2 Å². The van der Waals surface area contributed by atoms with Crippen molar-refractivity contribution in [3.05, 3.63) is 60.2 Å². The van der Waals surface area contributed by atoms with Crippen LogP contribution in [0.4, 0.5) is 16.2 Å². The van der Waals surface area contributed by atoms with E-state index in [0.717, 1.165) is 42.4 Å². The highest BCUT2D eigenvalue weighted by Gasteiger charge is 2.29. The lowest BCUT2D eigenvalue weighted by Gasteiger charge is -2.38. The van der Waals surface area contributed by atoms with Gasteiger partial charge in [0.2, 0.25) is 6.41 Å². The highest BCUT2D eigenvalue weighted by atomic mass is 16.5. The number of anilines is 2. The third kappa shape index (κ3) is 7.61. The number of aliphatic carboxylic acids is 1. The molecule has 0 unspecified atom stereocenters. The summed E-state index contributed by atoms with van der Waals surface area (Å²) >= 11 is 0. The van der Waals surface area contributed by atoms with Gasteiger partial charge in [-0.3, -0.25) is 9.79 Å². The first kappa shape index (κ1) is 26.8. The van der Waals surface area contributed by atoms with Gasteiger partial charge >= 0.3 is 12.1 Å². The summed E-state index contributed by atoms with van der Waals surface area (Å²) in [6.07, 6.45) is 2.20. The van der Waals surface area contributed by atoms with Crippen molar-refractivity contribution in [2.45, 2.75) is 38.0 Å². The first-order chi connectivity index (χ1) is 18.5. The number of ether oxygens (including phenoxy) is 1. The molecule has 0 spiro atoms. The minimum Gasteiger partial charge on any atom is -0.480 e. The van der Waals surface area contributed by atoms with Gasteiger partial charge in [-0.15, -0.1) is 0 Å². The number of amides is 2. The van der Waals surface area contributed by atoms with Crippen LogP contribution in [0.25, 0.3) is 0 Å². The van der Waals surface area contributed by atoms with Crippen LogP contribution in [0.1, 0.15) is 24.8 Å². The summed E-state index contributed by atoms with van der Waals surface area (Å²) in [5.41, 5.74) is 2.80. The molecule has 0 radical (unpaired) electrons. The molecule has 11 nitrogen and oxygen atoms in total. The molecule has 1 fully saturated rings. The van der Waals surface area contributed by atoms with Crippen LogP contribution in [0.15, 0.2) is 59.6 Å². The number of piperidine rings is 1. The predicted octanol–water partition coefficient (Wildman–Crippen LogP) is 2.25. The summed E-state index contributed by atoms with van der Waals surface area (Å²) in [5.74, 6) is -0.452. The molecule has 0 aliphatic carbocycles. The van der Waals surface area contributed by atoms with Crippen molar-refractivity contribution >= 4 is 35.8 Å². The van der Waals surface area contributed by atoms with Crippen LogP contribution in [0, 0.1) is 0 Å². The van der Waals surface area contributed by atoms with Crippen LogP contribution < -0.4 is 20.9 Å². The molecule has 11 heteroatoms. The van der Waals surface area contributed by atoms with Crippen molar-refractivity contribution in [2.24, 2.45) is 4.99 Å². The average molecular weight is 523 g/mol. The monoisotopic (exact) mass is 522 g/mol. The zero-order valence-electron chi connectivity index (χ0n) is 21.2. The first-order valence-electron chi connectivity index (χ1n) is 12.8. The van der Waals surface area contributed by atoms with Gasteiger partial charge in [0.15, 0.2) is 5.96 Å². The largest absolute Gasteiger partial charge is 0.480 e. The van der Waals surface area contributed by atoms with Crippen LogP contribution >= 0.6 is 0 Å². The van der Waals surface area contributed by atoms with E-state index >= 15 is 0 Å². The maximum absolute atomic E-state index is 12.2. The Hall–Kier alpha value is -4.28. The molecule has 1 atom stereocenters. The van der Waals surface area contributed by atoms with Gasteiger partial charge in [0, 0.05) is 43.6 Å². The van der Waals surface area contributed by atoms with Crippen molar-refractivity contribution in [3.8, 4) is 0 Å². The Morgan fingerprint density at radius 2 is 1.97 bits per heavy atom. The number of rotatable bonds is 10. The number of hydrogen-bond acceptors (Lipinski definition) is 8. The normalized spacial score (nSPS) is 16.4. The second kappa shape index (κ2) is 13.3. The summed E-state index contributed by atoms with van der Waals surface area (Å²) in [7, 11) is 0. The summed E-state index contributed by atoms with van der Waals surface area (Å²) in [6, 6.07) is 15.8. The van der Waals surface area contributed by atoms with Gasteiger partial charge < -0.3 is 35.6 Å². The molecule has 202 valence electrons. The van der Waals surface area contributed by atoms with Gasteiger partial charge in [-0.1, -0.05) is 36.4 Å². The zero-order valence-corrected chi connectivity index (χ0v) is 21.2. The standard InChI is InChI=1S/C27H34N6O5/c34-19-33(17-24(25(35)36)31-27(37)38-18-20-6-2-1-3-7-20)22-10-14-32(15-11-22)23-9-4-8-21(16-23)30-26-28-12-5-13-29-26/h1-4,6-9,16,19,22,24H,5,10-15,17-18H2,(H,31,37)(H,35,36)(H2,28,29,30)/t24-/m0/s1. The van der Waals surface area contributed by atoms with E-state index in [1.165, 1.54) is 4.90 Å². The molecule has 2 amide bonds. The van der Waals surface area contributed by atoms with Crippen molar-refractivity contribution in [1.29, 1.82) is 0 Å². The molecule has 2 aliphatic heterocycles. The fraction of sp³-hybridized carbons (Fsp3) is 0.407. The van der Waals surface area contributed by atoms with Gasteiger partial charge in [-0.05, 0) is 43.0 Å². The topological polar surface area (TPSA) is 136 Å². The Balaban J connectivity index is 1.28. The van der Waals surface area contributed by atoms with Crippen molar-refractivity contribution in [1.82, 2.24) is 15.5 Å². The number of benzene rings is 2. The molecule has 2 aromatic rings. The maximum Gasteiger partial charge on any atom is 0.408 e. The van der Waals surface area contributed by atoms with Gasteiger partial charge in [0.1, 0.15) is 12.6 Å². The summed E-state index contributed by atoms with van der Waals surface area (Å²) in [5, 5.41) is 18.6. The molecule has 0 bridgehead atoms. The highest BCUT2D eigenvalue weighted by molar-refractivity contribution is 5.94. The third-order valence-corrected chi connectivity index (χ3v) is 6.64. The van der Waals surface area contributed by atoms with E-state index in [-0.39, 0.29) is 19.2 Å². The van der Waals surface area contributed by atoms with Crippen LogP contribution in [0.2, 0.25) is 0 Å². The quantitative estimate of drug-likeness (QED) is 0.349. The van der Waals surface area contributed by atoms with E-state index < -0.39 is 18.1 Å². The smallest absolute Gasteiger partial charge is 0.408 e. The molecule has 2 aromatic carbocycles. The molecular formula is C27H34N6O5. The summed E-state index contributed by atoms with van der Waals surface area (Å²) in [6.45, 7) is 3.01. The Bertz CT molecular complexity index is 1120. The number of nitrogens with zero attached hydrogens (tertiary/aromatic N) is 3. The van der Waals surface area contributed by atoms with Gasteiger partial charge in [-0.2, -0.15) is 0 Å². The van der Waals surface area contributed by atoms with E-state index in [0.29, 0.717) is 32.3 Å². The number of nitrogens with one attached hydrogen (secondary N) is 3. The Morgan fingerprint density at radius 3 is 2.66 bits per heavy atom. The van der Waals surface area contributed by atoms with E-state index in [1.807, 2.05) is 36.4 Å². The number of carbonyl (C=O) groups excluding carboxylic acids is 2. The van der Waals surface area contributed by atoms with E-state index in [1.54, 1.807) is 12.1 Å². The number of hydrogen-bond donors (Lipinski definition) is 4. The van der Waals surface area contributed by atoms with Crippen LogP contribution in [-0.2, 0) is 20.9 Å². The molecule has 4 N–H and O–H groups in total. The second-order valence-corrected chi connectivity index (χ2v) is 9.30. The minimum atomic E-state index is -1.28. The lowest BCUT2D eigenvalue weighted by Crippen LogP contribution is -2.52. The Morgan fingerprint density at radius 1 is 1.18 bits per heavy atom. The van der Waals surface area contributed by atoms with Crippen molar-refractivity contribution in [3.63, 3.8) is 0 Å². The number of guanidine groups is 1. The zero-order chi connectivity index (χ0) is 26.7. The molecular weight excluding hydrogens is 488 g/mol. The fourth-order valence-corrected chi connectivity index (χ4v) is 4.57. The predicted molar refractivity (Wildman–Crippen MR) is 144 cm³/mol. The molecule has 2 aliphatic rings. The number of carboxylic acid groups (broad SMARTS) is 1. The number of carbonyl (C=O) groups is 3. The van der Waals surface area contributed by atoms with Crippen LogP contribution in [-0.4, -0.2) is 79.2 Å². The molecule has 0 saturated carbocycles. The second-order valence-electron chi connectivity index (χ2n) is 9.30. The number of aliphatic imine (C=N–C) groups is 1. The molecule has 2 heterocycles. The lowest BCUT2D eigenvalue weighted by molar-refractivity contribution is -0.140. The van der Waals surface area contributed by atoms with E-state index in [9.17, 15) is 19.5 Å². The third-order valence-electron chi connectivity index (χ3n) is 6.64. The van der Waals surface area contributed by atoms with E-state index in [2.05, 4.69) is 31.9 Å². The van der Waals surface area contributed by atoms with Gasteiger partial charge in [0.25, 0.3) is 0 Å². The first-order valence-corrected chi connectivity index (χ1v) is 12.8. The fourth-order valence-electron chi connectivity index (χ4n) is 4.57. The van der Waals surface area contributed by atoms with Crippen LogP contribution in [0.3, 0.4) is 0 Å². The summed E-state index contributed by atoms with van der Waals surface area (Å²) in [4.78, 5) is 44.1. The molecule has 1 saturated heterocycles. The maximum atomic E-state index is 12.2. The van der Waals surface area contributed by atoms with E-state index in [4.69, 9.17) is 4.74 Å². The van der Waals surface area contributed by atoms with Crippen molar-refractivity contribution in [2.75, 3.05) is 42.9 Å².